The molecule has 0 heterocycles. The van der Waals surface area contributed by atoms with Gasteiger partial charge in [-0.05, 0) is 0 Å². The van der Waals surface area contributed by atoms with Gasteiger partial charge in [0.1, 0.15) is 0 Å². The van der Waals surface area contributed by atoms with Gasteiger partial charge in [-0.15, -0.1) is 0 Å². The van der Waals surface area contributed by atoms with Crippen molar-refractivity contribution >= 4 is 23.9 Å². The average Bonchev–Trinajstić information content (AvgIpc) is 2.22. The van der Waals surface area contributed by atoms with E-state index in [-0.39, 0.29) is 89.3 Å². The first-order valence-electron chi connectivity index (χ1n) is 5.44. The van der Waals surface area contributed by atoms with E-state index in [1.165, 1.54) is 0 Å². The topological polar surface area (TPSA) is 167 Å². The van der Waals surface area contributed by atoms with Gasteiger partial charge < -0.3 is 39.6 Å². The molecule has 0 N–H and O–H groups in total. The van der Waals surface area contributed by atoms with Crippen molar-refractivity contribution < 1.29 is 116 Å². The van der Waals surface area contributed by atoms with E-state index < -0.39 is 50.1 Å². The quantitative estimate of drug-likeness (QED) is 0.309. The largest absolute Gasteiger partial charge is 2.00 e. The predicted octanol–water partition coefficient (Wildman–Crippen LogP) is -13.4. The summed E-state index contributed by atoms with van der Waals surface area (Å²) in [6, 6.07) is 0. The Morgan fingerprint density at radius 1 is 0.565 bits per heavy atom. The number of carbonyl (C=O) groups is 4. The van der Waals surface area contributed by atoms with E-state index in [1.54, 1.807) is 0 Å². The fraction of sp³-hybridized carbons (Fsp3) is 0.600. The van der Waals surface area contributed by atoms with E-state index in [2.05, 4.69) is 0 Å². The second-order valence-electron chi connectivity index (χ2n) is 3.91. The molecular weight excluding hydrogens is 378 g/mol. The molecule has 0 bridgehead atoms. The van der Waals surface area contributed by atoms with E-state index in [9.17, 15) is 39.6 Å². The minimum absolute atomic E-state index is 0. The van der Waals surface area contributed by atoms with E-state index in [1.807, 2.05) is 0 Å². The number of hydrogen-bond donors (Lipinski definition) is 0. The second-order valence-corrected chi connectivity index (χ2v) is 3.91. The van der Waals surface area contributed by atoms with Crippen molar-refractivity contribution in [3.8, 4) is 0 Å². The van der Waals surface area contributed by atoms with Crippen LogP contribution < -0.4 is 79.5 Å². The molecule has 0 unspecified atom stereocenters. The number of carboxylic acid groups (broad SMARTS) is 4. The molecule has 0 aromatic carbocycles. The zero-order chi connectivity index (χ0) is 15.7. The Balaban J connectivity index is -0.000000602. The zero-order valence-corrected chi connectivity index (χ0v) is 17.9. The maximum atomic E-state index is 10.4. The van der Waals surface area contributed by atoms with Crippen LogP contribution in [0.3, 0.4) is 0 Å². The fourth-order valence-corrected chi connectivity index (χ4v) is 1.44. The van der Waals surface area contributed by atoms with Crippen molar-refractivity contribution in [1.29, 1.82) is 0 Å². The Hall–Kier alpha value is 0.319. The molecule has 0 rings (SSSR count). The van der Waals surface area contributed by atoms with E-state index >= 15 is 0 Å². The van der Waals surface area contributed by atoms with Gasteiger partial charge in [-0.2, -0.15) is 0 Å². The third kappa shape index (κ3) is 20.3. The molecule has 10 nitrogen and oxygen atoms in total. The van der Waals surface area contributed by atoms with Crippen molar-refractivity contribution in [2.45, 2.75) is 0 Å². The van der Waals surface area contributed by atoms with Crippen LogP contribution in [0.4, 0.5) is 0 Å². The molecule has 0 amide bonds. The molecule has 0 atom stereocenters. The summed E-state index contributed by atoms with van der Waals surface area (Å²) in [5.41, 5.74) is 0. The standard InChI is InChI=1S/C10H16N2O8.Fe.2Na/c13-7(14)3-11(4-8(15)16)1-2-12(5-9(17)18)6-10(19)20;;;/h1-6H2,(H,13,14)(H,15,16)(H,17,18)(H,19,20);;;/q;+2;2*+1/p-4. The van der Waals surface area contributed by atoms with Crippen molar-refractivity contribution in [1.82, 2.24) is 9.80 Å². The molecule has 120 valence electrons. The fourth-order valence-electron chi connectivity index (χ4n) is 1.44. The predicted molar refractivity (Wildman–Crippen MR) is 52.9 cm³/mol. The third-order valence-electron chi connectivity index (χ3n) is 2.14. The average molecular weight is 390 g/mol. The van der Waals surface area contributed by atoms with Gasteiger partial charge in [-0.25, -0.2) is 0 Å². The molecular formula is C10H12FeN2Na2O8. The summed E-state index contributed by atoms with van der Waals surface area (Å²) in [6.07, 6.45) is 0. The van der Waals surface area contributed by atoms with Gasteiger partial charge in [0, 0.05) is 39.3 Å². The van der Waals surface area contributed by atoms with E-state index in [0.29, 0.717) is 0 Å². The number of carboxylic acids is 4. The molecule has 0 aliphatic rings. The zero-order valence-electron chi connectivity index (χ0n) is 12.8. The first-order chi connectivity index (χ1) is 9.20. The molecule has 0 saturated carbocycles. The van der Waals surface area contributed by atoms with Gasteiger partial charge in [0.15, 0.2) is 0 Å². The van der Waals surface area contributed by atoms with Gasteiger partial charge in [0.05, 0.1) is 23.9 Å². The molecule has 13 heteroatoms. The van der Waals surface area contributed by atoms with Crippen LogP contribution in [0.2, 0.25) is 0 Å². The van der Waals surface area contributed by atoms with Crippen molar-refractivity contribution in [3.05, 3.63) is 0 Å². The van der Waals surface area contributed by atoms with E-state index in [0.717, 1.165) is 9.80 Å². The van der Waals surface area contributed by atoms with Gasteiger partial charge in [0.25, 0.3) is 0 Å². The Labute approximate surface area is 187 Å². The summed E-state index contributed by atoms with van der Waals surface area (Å²) in [4.78, 5) is 43.4. The van der Waals surface area contributed by atoms with E-state index in [4.69, 9.17) is 0 Å². The molecule has 0 aliphatic carbocycles. The molecule has 23 heavy (non-hydrogen) atoms. The Morgan fingerprint density at radius 3 is 0.870 bits per heavy atom. The minimum atomic E-state index is -1.53. The summed E-state index contributed by atoms with van der Waals surface area (Å²) < 4.78 is 0. The molecule has 0 radical (unpaired) electrons. The SMILES string of the molecule is O=C([O-])CN(CCN(CC(=O)[O-])CC(=O)[O-])CC(=O)[O-].[Fe+2].[Na+].[Na+]. The monoisotopic (exact) mass is 390 g/mol. The minimum Gasteiger partial charge on any atom is -0.549 e. The number of carbonyl (C=O) groups excluding carboxylic acids is 4. The number of aliphatic carboxylic acids is 4. The summed E-state index contributed by atoms with van der Waals surface area (Å²) >= 11 is 0. The molecule has 0 spiro atoms. The maximum Gasteiger partial charge on any atom is 2.00 e. The molecule has 0 fully saturated rings. The summed E-state index contributed by atoms with van der Waals surface area (Å²) in [6.45, 7) is -3.25. The Bertz CT molecular complexity index is 331. The molecule has 0 aliphatic heterocycles. The first-order valence-corrected chi connectivity index (χ1v) is 5.44. The first kappa shape index (κ1) is 31.1. The summed E-state index contributed by atoms with van der Waals surface area (Å²) in [5, 5.41) is 41.6. The van der Waals surface area contributed by atoms with Crippen molar-refractivity contribution in [2.75, 3.05) is 39.3 Å². The van der Waals surface area contributed by atoms with Crippen LogP contribution in [0.15, 0.2) is 0 Å². The smallest absolute Gasteiger partial charge is 0.549 e. The second kappa shape index (κ2) is 17.2. The van der Waals surface area contributed by atoms with Gasteiger partial charge in [-0.1, -0.05) is 0 Å². The molecule has 0 aromatic rings. The van der Waals surface area contributed by atoms with Crippen LogP contribution >= 0.6 is 0 Å². The van der Waals surface area contributed by atoms with Crippen LogP contribution in [-0.2, 0) is 36.2 Å². The van der Waals surface area contributed by atoms with Gasteiger partial charge in [-0.3, -0.25) is 9.80 Å². The third-order valence-corrected chi connectivity index (χ3v) is 2.14. The van der Waals surface area contributed by atoms with Gasteiger partial charge in [0.2, 0.25) is 0 Å². The Morgan fingerprint density at radius 2 is 0.739 bits per heavy atom. The van der Waals surface area contributed by atoms with Crippen molar-refractivity contribution in [2.24, 2.45) is 0 Å². The molecule has 0 saturated heterocycles. The summed E-state index contributed by atoms with van der Waals surface area (Å²) in [5.74, 6) is -6.12. The number of rotatable bonds is 11. The Kier molecular flexibility index (Phi) is 23.2. The van der Waals surface area contributed by atoms with Gasteiger partial charge >= 0.3 is 76.2 Å². The van der Waals surface area contributed by atoms with Crippen LogP contribution in [-0.4, -0.2) is 72.9 Å². The van der Waals surface area contributed by atoms with Crippen LogP contribution in [0.1, 0.15) is 0 Å². The maximum absolute atomic E-state index is 10.4. The summed E-state index contributed by atoms with van der Waals surface area (Å²) in [7, 11) is 0. The number of nitrogens with zero attached hydrogens (tertiary/aromatic N) is 2. The van der Waals surface area contributed by atoms with Crippen LogP contribution in [0.25, 0.3) is 0 Å². The number of hydrogen-bond acceptors (Lipinski definition) is 10. The van der Waals surface area contributed by atoms with Crippen LogP contribution in [0, 0.1) is 0 Å². The van der Waals surface area contributed by atoms with Crippen molar-refractivity contribution in [3.63, 3.8) is 0 Å². The van der Waals surface area contributed by atoms with Crippen LogP contribution in [0.5, 0.6) is 0 Å². The normalized spacial score (nSPS) is 9.30. The molecule has 0 aromatic heterocycles.